The van der Waals surface area contributed by atoms with Crippen LogP contribution in [0, 0.1) is 0 Å². The number of carbonyl (C=O) groups excluding carboxylic acids is 1. The Bertz CT molecular complexity index is 1430. The van der Waals surface area contributed by atoms with Crippen LogP contribution < -0.4 is 5.32 Å². The lowest BCUT2D eigenvalue weighted by atomic mass is 9.73. The molecular formula is C33H33F6N3O. The number of rotatable bonds is 4. The summed E-state index contributed by atoms with van der Waals surface area (Å²) >= 11 is 0. The number of likely N-dealkylation sites (tertiary alicyclic amines) is 2. The predicted octanol–water partition coefficient (Wildman–Crippen LogP) is 7.40. The van der Waals surface area contributed by atoms with Gasteiger partial charge in [0.15, 0.2) is 0 Å². The van der Waals surface area contributed by atoms with Crippen molar-refractivity contribution in [2.45, 2.75) is 62.0 Å². The molecule has 3 heterocycles. The van der Waals surface area contributed by atoms with Crippen LogP contribution >= 0.6 is 0 Å². The van der Waals surface area contributed by atoms with E-state index in [1.165, 1.54) is 16.2 Å². The van der Waals surface area contributed by atoms with Crippen molar-refractivity contribution in [3.8, 4) is 0 Å². The van der Waals surface area contributed by atoms with Gasteiger partial charge in [0.1, 0.15) is 0 Å². The highest BCUT2D eigenvalue weighted by molar-refractivity contribution is 5.95. The highest BCUT2D eigenvalue weighted by Gasteiger charge is 2.44. The first kappa shape index (κ1) is 29.5. The van der Waals surface area contributed by atoms with Gasteiger partial charge in [-0.3, -0.25) is 4.79 Å². The standard InChI is InChI=1S/C33H33F6N3O/c34-32(35,36)24-17-23(18-25(19-24)33(37,38)39)30(43)42-13-10-26(20-27(42)16-22-6-2-1-3-7-22)41-14-11-31(12-15-41)21-40-29-9-5-4-8-28(29)31/h1-9,17-19,26-27,40H,10-16,20-21H2. The fourth-order valence-electron chi connectivity index (χ4n) is 7.18. The predicted molar refractivity (Wildman–Crippen MR) is 152 cm³/mol. The van der Waals surface area contributed by atoms with E-state index in [-0.39, 0.29) is 30.1 Å². The Morgan fingerprint density at radius 3 is 2.12 bits per heavy atom. The fourth-order valence-corrected chi connectivity index (χ4v) is 7.18. The first-order valence-electron chi connectivity index (χ1n) is 14.6. The molecular weight excluding hydrogens is 568 g/mol. The fraction of sp³-hybridized carbons (Fsp3) is 0.424. The maximum absolute atomic E-state index is 13.7. The van der Waals surface area contributed by atoms with E-state index in [1.807, 2.05) is 36.4 Å². The molecule has 43 heavy (non-hydrogen) atoms. The van der Waals surface area contributed by atoms with Gasteiger partial charge >= 0.3 is 12.4 Å². The minimum Gasteiger partial charge on any atom is -0.384 e. The first-order chi connectivity index (χ1) is 20.4. The van der Waals surface area contributed by atoms with Crippen LogP contribution in [0.1, 0.15) is 58.3 Å². The van der Waals surface area contributed by atoms with Crippen molar-refractivity contribution in [3.63, 3.8) is 0 Å². The number of nitrogens with one attached hydrogen (secondary N) is 1. The van der Waals surface area contributed by atoms with Gasteiger partial charge < -0.3 is 15.1 Å². The van der Waals surface area contributed by atoms with Gasteiger partial charge in [0.2, 0.25) is 0 Å². The lowest BCUT2D eigenvalue weighted by molar-refractivity contribution is -0.143. The van der Waals surface area contributed by atoms with Crippen molar-refractivity contribution in [1.82, 2.24) is 9.80 Å². The summed E-state index contributed by atoms with van der Waals surface area (Å²) in [6.45, 7) is 2.93. The second-order valence-corrected chi connectivity index (χ2v) is 12.0. The van der Waals surface area contributed by atoms with E-state index in [0.29, 0.717) is 31.4 Å². The molecule has 0 bridgehead atoms. The Kier molecular flexibility index (Phi) is 7.69. The number of halogens is 6. The topological polar surface area (TPSA) is 35.6 Å². The van der Waals surface area contributed by atoms with Crippen LogP contribution in [0.5, 0.6) is 0 Å². The number of fused-ring (bicyclic) bond motifs is 2. The van der Waals surface area contributed by atoms with E-state index < -0.39 is 35.0 Å². The summed E-state index contributed by atoms with van der Waals surface area (Å²) in [6, 6.07) is 18.8. The Hall–Kier alpha value is -3.53. The normalized spacial score (nSPS) is 22.3. The van der Waals surface area contributed by atoms with Crippen LogP contribution in [-0.2, 0) is 24.2 Å². The second kappa shape index (κ2) is 11.2. The maximum Gasteiger partial charge on any atom is 0.416 e. The SMILES string of the molecule is O=C(c1cc(C(F)(F)F)cc(C(F)(F)F)c1)N1CCC(N2CCC3(CC2)CNc2ccccc23)CC1Cc1ccccc1. The highest BCUT2D eigenvalue weighted by Crippen LogP contribution is 2.45. The third kappa shape index (κ3) is 5.98. The lowest BCUT2D eigenvalue weighted by Gasteiger charge is -2.47. The summed E-state index contributed by atoms with van der Waals surface area (Å²) in [7, 11) is 0. The number of piperidine rings is 2. The van der Waals surface area contributed by atoms with Crippen molar-refractivity contribution in [1.29, 1.82) is 0 Å². The first-order valence-corrected chi connectivity index (χ1v) is 14.6. The largest absolute Gasteiger partial charge is 0.416 e. The van der Waals surface area contributed by atoms with E-state index in [1.54, 1.807) is 0 Å². The number of anilines is 1. The van der Waals surface area contributed by atoms with E-state index in [9.17, 15) is 31.1 Å². The van der Waals surface area contributed by atoms with E-state index >= 15 is 0 Å². The number of nitrogens with zero attached hydrogens (tertiary/aromatic N) is 2. The van der Waals surface area contributed by atoms with Gasteiger partial charge in [-0.05, 0) is 80.6 Å². The monoisotopic (exact) mass is 601 g/mol. The van der Waals surface area contributed by atoms with E-state index in [0.717, 1.165) is 38.0 Å². The number of carbonyl (C=O) groups is 1. The lowest BCUT2D eigenvalue weighted by Crippen LogP contribution is -2.55. The van der Waals surface area contributed by atoms with E-state index in [2.05, 4.69) is 28.4 Å². The Labute approximate surface area is 246 Å². The molecule has 10 heteroatoms. The molecule has 0 radical (unpaired) electrons. The Morgan fingerprint density at radius 2 is 1.47 bits per heavy atom. The highest BCUT2D eigenvalue weighted by atomic mass is 19.4. The van der Waals surface area contributed by atoms with Crippen LogP contribution in [-0.4, -0.2) is 54.0 Å². The average molecular weight is 602 g/mol. The molecule has 6 rings (SSSR count). The van der Waals surface area contributed by atoms with Gasteiger partial charge in [-0.1, -0.05) is 48.5 Å². The molecule has 0 aromatic heterocycles. The summed E-state index contributed by atoms with van der Waals surface area (Å²) < 4.78 is 81.3. The third-order valence-electron chi connectivity index (χ3n) is 9.48. The molecule has 2 unspecified atom stereocenters. The van der Waals surface area contributed by atoms with Gasteiger partial charge in [0.25, 0.3) is 5.91 Å². The molecule has 3 aromatic carbocycles. The number of hydrogen-bond donors (Lipinski definition) is 1. The third-order valence-corrected chi connectivity index (χ3v) is 9.48. The molecule has 2 fully saturated rings. The smallest absolute Gasteiger partial charge is 0.384 e. The van der Waals surface area contributed by atoms with Crippen LogP contribution in [0.15, 0.2) is 72.8 Å². The van der Waals surface area contributed by atoms with Crippen molar-refractivity contribution in [3.05, 3.63) is 101 Å². The molecule has 3 aliphatic heterocycles. The molecule has 1 amide bonds. The minimum atomic E-state index is -5.02. The van der Waals surface area contributed by atoms with Crippen LogP contribution in [0.25, 0.3) is 0 Å². The average Bonchev–Trinajstić information content (AvgIpc) is 3.34. The molecule has 2 saturated heterocycles. The maximum atomic E-state index is 13.7. The molecule has 0 saturated carbocycles. The van der Waals surface area contributed by atoms with Crippen molar-refractivity contribution >= 4 is 11.6 Å². The quantitative estimate of drug-likeness (QED) is 0.317. The van der Waals surface area contributed by atoms with Crippen LogP contribution in [0.2, 0.25) is 0 Å². The molecule has 2 atom stereocenters. The zero-order chi connectivity index (χ0) is 30.4. The van der Waals surface area contributed by atoms with Crippen LogP contribution in [0.3, 0.4) is 0 Å². The van der Waals surface area contributed by atoms with Gasteiger partial charge in [-0.15, -0.1) is 0 Å². The molecule has 4 nitrogen and oxygen atoms in total. The molecule has 3 aromatic rings. The number of alkyl halides is 6. The number of hydrogen-bond acceptors (Lipinski definition) is 3. The Morgan fingerprint density at radius 1 is 0.837 bits per heavy atom. The zero-order valence-corrected chi connectivity index (χ0v) is 23.5. The van der Waals surface area contributed by atoms with Crippen molar-refractivity contribution in [2.24, 2.45) is 0 Å². The molecule has 228 valence electrons. The molecule has 1 spiro atoms. The zero-order valence-electron chi connectivity index (χ0n) is 23.5. The van der Waals surface area contributed by atoms with Gasteiger partial charge in [-0.2, -0.15) is 26.3 Å². The number of amides is 1. The second-order valence-electron chi connectivity index (χ2n) is 12.0. The van der Waals surface area contributed by atoms with Gasteiger partial charge in [0.05, 0.1) is 11.1 Å². The summed E-state index contributed by atoms with van der Waals surface area (Å²) in [6.07, 6.45) is -6.41. The number of benzene rings is 3. The molecule has 1 N–H and O–H groups in total. The van der Waals surface area contributed by atoms with Crippen molar-refractivity contribution < 1.29 is 31.1 Å². The summed E-state index contributed by atoms with van der Waals surface area (Å²) in [5, 5.41) is 3.55. The molecule has 3 aliphatic rings. The summed E-state index contributed by atoms with van der Waals surface area (Å²) in [5.41, 5.74) is 0.0386. The number of para-hydroxylation sites is 1. The summed E-state index contributed by atoms with van der Waals surface area (Å²) in [5.74, 6) is -0.804. The summed E-state index contributed by atoms with van der Waals surface area (Å²) in [4.78, 5) is 17.6. The van der Waals surface area contributed by atoms with Gasteiger partial charge in [-0.25, -0.2) is 0 Å². The van der Waals surface area contributed by atoms with Crippen LogP contribution in [0.4, 0.5) is 32.0 Å². The minimum absolute atomic E-state index is 0.0614. The molecule has 0 aliphatic carbocycles. The van der Waals surface area contributed by atoms with Gasteiger partial charge in [0, 0.05) is 41.8 Å². The van der Waals surface area contributed by atoms with E-state index in [4.69, 9.17) is 0 Å². The Balaban J connectivity index is 1.23. The van der Waals surface area contributed by atoms with Crippen molar-refractivity contribution in [2.75, 3.05) is 31.5 Å².